The van der Waals surface area contributed by atoms with E-state index in [-0.39, 0.29) is 11.4 Å². The summed E-state index contributed by atoms with van der Waals surface area (Å²) in [4.78, 5) is 12.4. The number of rotatable bonds is 6. The molecule has 134 valence electrons. The number of likely N-dealkylation sites (N-methyl/N-ethyl adjacent to an activating group) is 1. The Morgan fingerprint density at radius 2 is 1.92 bits per heavy atom. The van der Waals surface area contributed by atoms with Crippen LogP contribution in [0.25, 0.3) is 5.69 Å². The first-order valence-corrected chi connectivity index (χ1v) is 9.05. The number of aromatic nitrogens is 4. The molecule has 26 heavy (non-hydrogen) atoms. The highest BCUT2D eigenvalue weighted by Crippen LogP contribution is 2.15. The molecule has 1 amide bonds. The van der Waals surface area contributed by atoms with Crippen molar-refractivity contribution in [3.05, 3.63) is 60.9 Å². The fourth-order valence-electron chi connectivity index (χ4n) is 2.27. The van der Waals surface area contributed by atoms with E-state index in [4.69, 9.17) is 0 Å². The number of carbonyl (C=O) groups is 1. The maximum atomic E-state index is 12.5. The van der Waals surface area contributed by atoms with E-state index in [0.29, 0.717) is 11.4 Å². The molecule has 0 saturated carbocycles. The maximum Gasteiger partial charge on any atom is 0.243 e. The maximum absolute atomic E-state index is 12.5. The molecule has 1 aromatic heterocycles. The summed E-state index contributed by atoms with van der Waals surface area (Å²) in [6, 6.07) is 14.8. The smallest absolute Gasteiger partial charge is 0.243 e. The molecule has 10 heteroatoms. The summed E-state index contributed by atoms with van der Waals surface area (Å²) < 4.78 is 27.3. The van der Waals surface area contributed by atoms with E-state index in [1.807, 2.05) is 0 Å². The molecular weight excluding hydrogens is 356 g/mol. The van der Waals surface area contributed by atoms with Gasteiger partial charge in [-0.3, -0.25) is 4.79 Å². The number of tetrazole rings is 1. The number of sulfonamides is 1. The number of amides is 1. The van der Waals surface area contributed by atoms with E-state index in [0.717, 1.165) is 4.31 Å². The Balaban J connectivity index is 1.68. The molecular formula is C16H16N6O3S. The first-order valence-electron chi connectivity index (χ1n) is 7.61. The number of anilines is 1. The van der Waals surface area contributed by atoms with Crippen LogP contribution in [-0.2, 0) is 14.8 Å². The summed E-state index contributed by atoms with van der Waals surface area (Å²) in [6.07, 6.45) is 1.43. The summed E-state index contributed by atoms with van der Waals surface area (Å²) in [5, 5.41) is 13.6. The highest BCUT2D eigenvalue weighted by molar-refractivity contribution is 7.89. The lowest BCUT2D eigenvalue weighted by Gasteiger charge is -2.17. The Labute approximate surface area is 150 Å². The van der Waals surface area contributed by atoms with Gasteiger partial charge in [-0.2, -0.15) is 4.31 Å². The molecule has 0 unspecified atom stereocenters. The van der Waals surface area contributed by atoms with Gasteiger partial charge in [0, 0.05) is 12.7 Å². The average molecular weight is 372 g/mol. The van der Waals surface area contributed by atoms with Gasteiger partial charge in [0.25, 0.3) is 0 Å². The van der Waals surface area contributed by atoms with Gasteiger partial charge in [-0.25, -0.2) is 13.1 Å². The van der Waals surface area contributed by atoms with Gasteiger partial charge < -0.3 is 5.32 Å². The number of nitrogens with one attached hydrogen (secondary N) is 1. The summed E-state index contributed by atoms with van der Waals surface area (Å²) in [6.45, 7) is -0.313. The van der Waals surface area contributed by atoms with Crippen LogP contribution >= 0.6 is 0 Å². The minimum atomic E-state index is -3.73. The zero-order chi connectivity index (χ0) is 18.6. The molecule has 0 spiro atoms. The Kier molecular flexibility index (Phi) is 5.05. The molecule has 2 aromatic carbocycles. The van der Waals surface area contributed by atoms with E-state index in [1.54, 1.807) is 42.5 Å². The average Bonchev–Trinajstić information content (AvgIpc) is 3.17. The van der Waals surface area contributed by atoms with Crippen molar-refractivity contribution in [2.75, 3.05) is 18.9 Å². The third-order valence-electron chi connectivity index (χ3n) is 3.56. The van der Waals surface area contributed by atoms with Crippen LogP contribution in [0.1, 0.15) is 0 Å². The molecule has 0 aliphatic rings. The predicted octanol–water partition coefficient (Wildman–Crippen LogP) is 0.921. The lowest BCUT2D eigenvalue weighted by Crippen LogP contribution is -2.34. The highest BCUT2D eigenvalue weighted by atomic mass is 32.2. The topological polar surface area (TPSA) is 110 Å². The molecule has 1 N–H and O–H groups in total. The van der Waals surface area contributed by atoms with E-state index in [1.165, 1.54) is 30.2 Å². The van der Waals surface area contributed by atoms with Gasteiger partial charge in [0.05, 0.1) is 17.1 Å². The SMILES string of the molecule is CN(CC(=O)Nc1cccc(-n2cnnn2)c1)S(=O)(=O)c1ccccc1. The fraction of sp³-hybridized carbons (Fsp3) is 0.125. The number of hydrogen-bond acceptors (Lipinski definition) is 6. The normalized spacial score (nSPS) is 11.5. The van der Waals surface area contributed by atoms with E-state index in [9.17, 15) is 13.2 Å². The summed E-state index contributed by atoms with van der Waals surface area (Å²) in [5.41, 5.74) is 1.17. The standard InChI is InChI=1S/C16H16N6O3S/c1-21(26(24,25)15-8-3-2-4-9-15)11-16(23)18-13-6-5-7-14(10-13)22-12-17-19-20-22/h2-10,12H,11H2,1H3,(H,18,23). The second-order valence-corrected chi connectivity index (χ2v) is 7.47. The molecule has 0 aliphatic carbocycles. The third kappa shape index (κ3) is 3.92. The molecule has 0 atom stereocenters. The van der Waals surface area contributed by atoms with Crippen LogP contribution in [0.5, 0.6) is 0 Å². The molecule has 3 rings (SSSR count). The first-order chi connectivity index (χ1) is 12.5. The van der Waals surface area contributed by atoms with E-state index in [2.05, 4.69) is 20.8 Å². The Morgan fingerprint density at radius 3 is 2.62 bits per heavy atom. The molecule has 3 aromatic rings. The van der Waals surface area contributed by atoms with Crippen LogP contribution in [-0.4, -0.2) is 52.4 Å². The van der Waals surface area contributed by atoms with Crippen molar-refractivity contribution < 1.29 is 13.2 Å². The zero-order valence-electron chi connectivity index (χ0n) is 13.8. The molecule has 0 bridgehead atoms. The Morgan fingerprint density at radius 1 is 1.15 bits per heavy atom. The van der Waals surface area contributed by atoms with Gasteiger partial charge in [0.15, 0.2) is 0 Å². The lowest BCUT2D eigenvalue weighted by atomic mass is 10.3. The van der Waals surface area contributed by atoms with Gasteiger partial charge >= 0.3 is 0 Å². The monoisotopic (exact) mass is 372 g/mol. The van der Waals surface area contributed by atoms with Crippen LogP contribution in [0.2, 0.25) is 0 Å². The van der Waals surface area contributed by atoms with Gasteiger partial charge in [-0.05, 0) is 40.8 Å². The van der Waals surface area contributed by atoms with Gasteiger partial charge in [-0.1, -0.05) is 24.3 Å². The number of benzene rings is 2. The van der Waals surface area contributed by atoms with Crippen molar-refractivity contribution in [2.45, 2.75) is 4.90 Å². The Bertz CT molecular complexity index is 990. The zero-order valence-corrected chi connectivity index (χ0v) is 14.7. The van der Waals surface area contributed by atoms with Crippen molar-refractivity contribution in [3.63, 3.8) is 0 Å². The second kappa shape index (κ2) is 7.42. The van der Waals surface area contributed by atoms with Crippen molar-refractivity contribution in [1.29, 1.82) is 0 Å². The quantitative estimate of drug-likeness (QED) is 0.689. The van der Waals surface area contributed by atoms with Crippen LogP contribution in [0.15, 0.2) is 65.8 Å². The molecule has 0 radical (unpaired) electrons. The van der Waals surface area contributed by atoms with Gasteiger partial charge in [0.2, 0.25) is 15.9 Å². The van der Waals surface area contributed by atoms with Gasteiger partial charge in [-0.15, -0.1) is 5.10 Å². The van der Waals surface area contributed by atoms with Crippen molar-refractivity contribution in [1.82, 2.24) is 24.5 Å². The van der Waals surface area contributed by atoms with Crippen molar-refractivity contribution >= 4 is 21.6 Å². The number of hydrogen-bond donors (Lipinski definition) is 1. The molecule has 0 saturated heterocycles. The summed E-state index contributed by atoms with van der Waals surface area (Å²) >= 11 is 0. The van der Waals surface area contributed by atoms with Crippen LogP contribution in [0, 0.1) is 0 Å². The highest BCUT2D eigenvalue weighted by Gasteiger charge is 2.22. The van der Waals surface area contributed by atoms with Crippen LogP contribution in [0.3, 0.4) is 0 Å². The second-order valence-electron chi connectivity index (χ2n) is 5.43. The van der Waals surface area contributed by atoms with E-state index < -0.39 is 15.9 Å². The summed E-state index contributed by atoms with van der Waals surface area (Å²) in [7, 11) is -2.37. The fourth-order valence-corrected chi connectivity index (χ4v) is 3.41. The van der Waals surface area contributed by atoms with E-state index >= 15 is 0 Å². The lowest BCUT2D eigenvalue weighted by molar-refractivity contribution is -0.116. The third-order valence-corrected chi connectivity index (χ3v) is 5.38. The minimum Gasteiger partial charge on any atom is -0.325 e. The first kappa shape index (κ1) is 17.7. The van der Waals surface area contributed by atoms with Crippen LogP contribution in [0.4, 0.5) is 5.69 Å². The number of nitrogens with zero attached hydrogens (tertiary/aromatic N) is 5. The largest absolute Gasteiger partial charge is 0.325 e. The molecule has 9 nitrogen and oxygen atoms in total. The molecule has 0 aliphatic heterocycles. The molecule has 1 heterocycles. The van der Waals surface area contributed by atoms with Crippen molar-refractivity contribution in [3.8, 4) is 5.69 Å². The molecule has 0 fully saturated rings. The number of carbonyl (C=O) groups excluding carboxylic acids is 1. The predicted molar refractivity (Wildman–Crippen MR) is 94.0 cm³/mol. The summed E-state index contributed by atoms with van der Waals surface area (Å²) in [5.74, 6) is -0.458. The van der Waals surface area contributed by atoms with Crippen molar-refractivity contribution in [2.24, 2.45) is 0 Å². The van der Waals surface area contributed by atoms with Gasteiger partial charge in [0.1, 0.15) is 6.33 Å². The Hall–Kier alpha value is -3.11. The van der Waals surface area contributed by atoms with Crippen LogP contribution < -0.4 is 5.32 Å². The minimum absolute atomic E-state index is 0.135.